The molecule has 0 amide bonds. The second-order valence-corrected chi connectivity index (χ2v) is 5.76. The van der Waals surface area contributed by atoms with Gasteiger partial charge in [-0.15, -0.1) is 0 Å². The largest absolute Gasteiger partial charge is 0.492 e. The Balaban J connectivity index is 0.000000295. The molecule has 1 saturated heterocycles. The molecule has 0 saturated carbocycles. The van der Waals surface area contributed by atoms with Crippen LogP contribution in [0, 0.1) is 5.92 Å². The van der Waals surface area contributed by atoms with Gasteiger partial charge in [0, 0.05) is 16.9 Å². The van der Waals surface area contributed by atoms with E-state index in [1.54, 1.807) is 0 Å². The third-order valence-corrected chi connectivity index (χ3v) is 4.07. The summed E-state index contributed by atoms with van der Waals surface area (Å²) >= 11 is 9.47. The predicted octanol–water partition coefficient (Wildman–Crippen LogP) is 3.72. The number of halogens is 5. The number of benzene rings is 1. The van der Waals surface area contributed by atoms with Crippen molar-refractivity contribution in [2.45, 2.75) is 12.6 Å². The molecule has 124 valence electrons. The van der Waals surface area contributed by atoms with Gasteiger partial charge in [-0.25, -0.2) is 4.79 Å². The van der Waals surface area contributed by atoms with Gasteiger partial charge in [-0.2, -0.15) is 13.2 Å². The third-order valence-electron chi connectivity index (χ3n) is 2.80. The molecule has 1 heterocycles. The molecule has 9 heteroatoms. The molecule has 0 bridgehead atoms. The van der Waals surface area contributed by atoms with Crippen LogP contribution < -0.4 is 10.1 Å². The lowest BCUT2D eigenvalue weighted by atomic mass is 10.1. The molecule has 0 spiro atoms. The zero-order valence-corrected chi connectivity index (χ0v) is 13.6. The maximum Gasteiger partial charge on any atom is 0.490 e. The number of aliphatic carboxylic acids is 1. The zero-order chi connectivity index (χ0) is 16.8. The molecule has 2 N–H and O–H groups in total. The van der Waals surface area contributed by atoms with Crippen LogP contribution in [0.1, 0.15) is 6.42 Å². The Labute approximate surface area is 138 Å². The van der Waals surface area contributed by atoms with E-state index < -0.39 is 12.1 Å². The van der Waals surface area contributed by atoms with Crippen molar-refractivity contribution in [3.8, 4) is 5.75 Å². The van der Waals surface area contributed by atoms with E-state index in [0.717, 1.165) is 29.9 Å². The maximum atomic E-state index is 10.6. The van der Waals surface area contributed by atoms with Crippen LogP contribution in [0.4, 0.5) is 13.2 Å². The molecule has 0 aliphatic carbocycles. The molecule has 0 aromatic heterocycles. The van der Waals surface area contributed by atoms with Gasteiger partial charge in [0.2, 0.25) is 0 Å². The van der Waals surface area contributed by atoms with Crippen molar-refractivity contribution in [2.75, 3.05) is 19.7 Å². The van der Waals surface area contributed by atoms with Gasteiger partial charge in [-0.1, -0.05) is 17.7 Å². The van der Waals surface area contributed by atoms with Crippen molar-refractivity contribution in [3.63, 3.8) is 0 Å². The van der Waals surface area contributed by atoms with Crippen molar-refractivity contribution in [1.82, 2.24) is 5.32 Å². The average molecular weight is 405 g/mol. The normalized spacial score (nSPS) is 17.6. The standard InChI is InChI=1S/C11H13BrClNO.C2HF3O2/c12-9-2-1-3-10(11(9)13)15-7-8-4-5-14-6-8;3-2(4,5)1(6)7/h1-3,8,14H,4-7H2;(H,6,7)/t8-;/m0./s1. The molecule has 1 aliphatic heterocycles. The summed E-state index contributed by atoms with van der Waals surface area (Å²) in [6.45, 7) is 2.88. The van der Waals surface area contributed by atoms with Gasteiger partial charge < -0.3 is 15.2 Å². The van der Waals surface area contributed by atoms with Crippen LogP contribution in [-0.4, -0.2) is 36.9 Å². The quantitative estimate of drug-likeness (QED) is 0.806. The number of ether oxygens (including phenoxy) is 1. The van der Waals surface area contributed by atoms with Crippen molar-refractivity contribution < 1.29 is 27.8 Å². The number of carboxylic acids is 1. The Hall–Kier alpha value is -0.990. The van der Waals surface area contributed by atoms with Gasteiger partial charge in [0.05, 0.1) is 11.6 Å². The van der Waals surface area contributed by atoms with E-state index in [9.17, 15) is 13.2 Å². The van der Waals surface area contributed by atoms with Crippen LogP contribution in [-0.2, 0) is 4.79 Å². The highest BCUT2D eigenvalue weighted by Gasteiger charge is 2.38. The first-order chi connectivity index (χ1) is 10.2. The minimum atomic E-state index is -5.08. The van der Waals surface area contributed by atoms with Crippen LogP contribution >= 0.6 is 27.5 Å². The van der Waals surface area contributed by atoms with Crippen molar-refractivity contribution in [2.24, 2.45) is 5.92 Å². The van der Waals surface area contributed by atoms with Crippen LogP contribution in [0.25, 0.3) is 0 Å². The molecular weight excluding hydrogens is 390 g/mol. The highest BCUT2D eigenvalue weighted by molar-refractivity contribution is 9.10. The van der Waals surface area contributed by atoms with Gasteiger partial charge in [0.25, 0.3) is 0 Å². The summed E-state index contributed by atoms with van der Waals surface area (Å²) in [5.74, 6) is -1.38. The van der Waals surface area contributed by atoms with E-state index >= 15 is 0 Å². The molecule has 1 aromatic rings. The zero-order valence-electron chi connectivity index (χ0n) is 11.3. The first-order valence-corrected chi connectivity index (χ1v) is 7.46. The van der Waals surface area contributed by atoms with E-state index in [2.05, 4.69) is 21.2 Å². The van der Waals surface area contributed by atoms with Crippen LogP contribution in [0.5, 0.6) is 5.75 Å². The number of nitrogens with one attached hydrogen (secondary N) is 1. The van der Waals surface area contributed by atoms with Gasteiger partial charge in [-0.05, 0) is 41.0 Å². The monoisotopic (exact) mass is 403 g/mol. The fourth-order valence-electron chi connectivity index (χ4n) is 1.66. The summed E-state index contributed by atoms with van der Waals surface area (Å²) < 4.78 is 38.3. The summed E-state index contributed by atoms with van der Waals surface area (Å²) in [4.78, 5) is 8.90. The van der Waals surface area contributed by atoms with Crippen molar-refractivity contribution >= 4 is 33.5 Å². The highest BCUT2D eigenvalue weighted by atomic mass is 79.9. The fraction of sp³-hybridized carbons (Fsp3) is 0.462. The van der Waals surface area contributed by atoms with E-state index in [1.165, 1.54) is 6.42 Å². The summed E-state index contributed by atoms with van der Waals surface area (Å²) in [7, 11) is 0. The van der Waals surface area contributed by atoms with Gasteiger partial charge in [-0.3, -0.25) is 0 Å². The summed E-state index contributed by atoms with van der Waals surface area (Å²) in [5, 5.41) is 11.1. The molecule has 2 rings (SSSR count). The van der Waals surface area contributed by atoms with Crippen molar-refractivity contribution in [3.05, 3.63) is 27.7 Å². The number of carbonyl (C=O) groups is 1. The van der Waals surface area contributed by atoms with Crippen LogP contribution in [0.15, 0.2) is 22.7 Å². The maximum absolute atomic E-state index is 10.6. The first kappa shape index (κ1) is 19.1. The number of hydrogen-bond acceptors (Lipinski definition) is 3. The minimum Gasteiger partial charge on any atom is -0.492 e. The lowest BCUT2D eigenvalue weighted by Crippen LogP contribution is -2.21. The molecule has 1 aliphatic rings. The van der Waals surface area contributed by atoms with Crippen molar-refractivity contribution in [1.29, 1.82) is 0 Å². The lowest BCUT2D eigenvalue weighted by Gasteiger charge is -2.12. The second kappa shape index (κ2) is 8.59. The summed E-state index contributed by atoms with van der Waals surface area (Å²) in [6, 6.07) is 5.74. The molecule has 0 radical (unpaired) electrons. The molecule has 0 unspecified atom stereocenters. The summed E-state index contributed by atoms with van der Waals surface area (Å²) in [6.07, 6.45) is -3.90. The fourth-order valence-corrected chi connectivity index (χ4v) is 2.19. The predicted molar refractivity (Wildman–Crippen MR) is 79.3 cm³/mol. The number of rotatable bonds is 3. The Morgan fingerprint density at radius 3 is 2.64 bits per heavy atom. The van der Waals surface area contributed by atoms with Gasteiger partial charge >= 0.3 is 12.1 Å². The van der Waals surface area contributed by atoms with Crippen LogP contribution in [0.2, 0.25) is 5.02 Å². The molecule has 4 nitrogen and oxygen atoms in total. The van der Waals surface area contributed by atoms with Gasteiger partial charge in [0.15, 0.2) is 0 Å². The van der Waals surface area contributed by atoms with Crippen LogP contribution in [0.3, 0.4) is 0 Å². The molecule has 1 aromatic carbocycles. The van der Waals surface area contributed by atoms with E-state index in [0.29, 0.717) is 10.9 Å². The van der Waals surface area contributed by atoms with E-state index in [1.807, 2.05) is 18.2 Å². The molecule has 22 heavy (non-hydrogen) atoms. The molecule has 1 fully saturated rings. The topological polar surface area (TPSA) is 58.6 Å². The minimum absolute atomic E-state index is 0.611. The Morgan fingerprint density at radius 2 is 2.14 bits per heavy atom. The Morgan fingerprint density at radius 1 is 1.50 bits per heavy atom. The summed E-state index contributed by atoms with van der Waals surface area (Å²) in [5.41, 5.74) is 0. The second-order valence-electron chi connectivity index (χ2n) is 4.52. The van der Waals surface area contributed by atoms with E-state index in [4.69, 9.17) is 26.2 Å². The lowest BCUT2D eigenvalue weighted by molar-refractivity contribution is -0.192. The van der Waals surface area contributed by atoms with E-state index in [-0.39, 0.29) is 0 Å². The Kier molecular flexibility index (Phi) is 7.44. The smallest absolute Gasteiger partial charge is 0.490 e. The Bertz CT molecular complexity index is 508. The van der Waals surface area contributed by atoms with Gasteiger partial charge in [0.1, 0.15) is 5.75 Å². The molecule has 1 atom stereocenters. The number of hydrogen-bond donors (Lipinski definition) is 2. The number of alkyl halides is 3. The number of carboxylic acid groups (broad SMARTS) is 1. The molecular formula is C13H14BrClF3NO3. The third kappa shape index (κ3) is 6.41. The highest BCUT2D eigenvalue weighted by Crippen LogP contribution is 2.32. The SMILES string of the molecule is Clc1c(Br)cccc1OC[C@H]1CCNC1.O=C(O)C(F)(F)F. The average Bonchev–Trinajstić information content (AvgIpc) is 2.93. The first-order valence-electron chi connectivity index (χ1n) is 6.29.